The Balaban J connectivity index is 1.75. The van der Waals surface area contributed by atoms with Crippen LogP contribution >= 0.6 is 11.8 Å². The van der Waals surface area contributed by atoms with Crippen LogP contribution in [0.5, 0.6) is 0 Å². The van der Waals surface area contributed by atoms with Crippen molar-refractivity contribution in [2.45, 2.75) is 31.2 Å². The maximum absolute atomic E-state index is 12.7. The summed E-state index contributed by atoms with van der Waals surface area (Å²) < 4.78 is 5.67. The van der Waals surface area contributed by atoms with E-state index in [-0.39, 0.29) is 11.0 Å². The van der Waals surface area contributed by atoms with Gasteiger partial charge in [0.1, 0.15) is 0 Å². The predicted molar refractivity (Wildman–Crippen MR) is 95.3 cm³/mol. The van der Waals surface area contributed by atoms with E-state index >= 15 is 0 Å². The van der Waals surface area contributed by atoms with Crippen molar-refractivity contribution in [3.05, 3.63) is 65.2 Å². The number of aryl methyl sites for hydroxylation is 2. The standard InChI is InChI=1S/C19H18N2O2S/c1-12-9-10-13(2)16(11-12)17(22)14(3)24-19-21-20-18(23-19)15-7-5-4-6-8-15/h4-11,14H,1-3H3/t14-/m0/s1. The normalized spacial score (nSPS) is 12.1. The molecule has 5 heteroatoms. The van der Waals surface area contributed by atoms with Gasteiger partial charge in [-0.3, -0.25) is 4.79 Å². The van der Waals surface area contributed by atoms with Gasteiger partial charge in [0.25, 0.3) is 5.22 Å². The Morgan fingerprint density at radius 1 is 1.08 bits per heavy atom. The Morgan fingerprint density at radius 3 is 2.58 bits per heavy atom. The fourth-order valence-corrected chi connectivity index (χ4v) is 3.13. The summed E-state index contributed by atoms with van der Waals surface area (Å²) in [5.41, 5.74) is 3.67. The van der Waals surface area contributed by atoms with Crippen LogP contribution in [0, 0.1) is 13.8 Å². The van der Waals surface area contributed by atoms with Crippen LogP contribution in [0.15, 0.2) is 58.2 Å². The third kappa shape index (κ3) is 3.57. The van der Waals surface area contributed by atoms with Crippen molar-refractivity contribution in [1.82, 2.24) is 10.2 Å². The molecule has 0 N–H and O–H groups in total. The Morgan fingerprint density at radius 2 is 1.83 bits per heavy atom. The summed E-state index contributed by atoms with van der Waals surface area (Å²) in [6, 6.07) is 15.5. The van der Waals surface area contributed by atoms with Crippen LogP contribution in [0.4, 0.5) is 0 Å². The van der Waals surface area contributed by atoms with Crippen molar-refractivity contribution in [3.8, 4) is 11.5 Å². The summed E-state index contributed by atoms with van der Waals surface area (Å²) in [4.78, 5) is 12.7. The van der Waals surface area contributed by atoms with Gasteiger partial charge in [0.15, 0.2) is 5.78 Å². The van der Waals surface area contributed by atoms with E-state index in [9.17, 15) is 4.79 Å². The van der Waals surface area contributed by atoms with Gasteiger partial charge in [-0.15, -0.1) is 10.2 Å². The van der Waals surface area contributed by atoms with Crippen molar-refractivity contribution >= 4 is 17.5 Å². The molecule has 4 nitrogen and oxygen atoms in total. The highest BCUT2D eigenvalue weighted by molar-refractivity contribution is 8.00. The van der Waals surface area contributed by atoms with Crippen LogP contribution < -0.4 is 0 Å². The molecule has 24 heavy (non-hydrogen) atoms. The fourth-order valence-electron chi connectivity index (χ4n) is 2.38. The molecule has 1 aromatic heterocycles. The number of rotatable bonds is 5. The Bertz CT molecular complexity index is 859. The zero-order chi connectivity index (χ0) is 17.1. The number of thioether (sulfide) groups is 1. The monoisotopic (exact) mass is 338 g/mol. The lowest BCUT2D eigenvalue weighted by molar-refractivity contribution is 0.0993. The fraction of sp³-hybridized carbons (Fsp3) is 0.211. The predicted octanol–water partition coefficient (Wildman–Crippen LogP) is 4.72. The first-order valence-electron chi connectivity index (χ1n) is 7.71. The van der Waals surface area contributed by atoms with Crippen molar-refractivity contribution in [1.29, 1.82) is 0 Å². The summed E-state index contributed by atoms with van der Waals surface area (Å²) in [7, 11) is 0. The van der Waals surface area contributed by atoms with Crippen LogP contribution in [-0.4, -0.2) is 21.2 Å². The van der Waals surface area contributed by atoms with Gasteiger partial charge in [0.2, 0.25) is 5.89 Å². The highest BCUT2D eigenvalue weighted by atomic mass is 32.2. The minimum Gasteiger partial charge on any atom is -0.411 e. The number of hydrogen-bond donors (Lipinski definition) is 0. The number of ketones is 1. The summed E-state index contributed by atoms with van der Waals surface area (Å²) in [5, 5.41) is 8.20. The third-order valence-corrected chi connectivity index (χ3v) is 4.67. The second kappa shape index (κ2) is 7.01. The van der Waals surface area contributed by atoms with E-state index in [2.05, 4.69) is 10.2 Å². The average Bonchev–Trinajstić information content (AvgIpc) is 3.05. The molecule has 0 aliphatic heterocycles. The largest absolute Gasteiger partial charge is 0.411 e. The number of hydrogen-bond acceptors (Lipinski definition) is 5. The molecule has 0 bridgehead atoms. The van der Waals surface area contributed by atoms with E-state index in [1.165, 1.54) is 11.8 Å². The molecule has 0 unspecified atom stereocenters. The number of aromatic nitrogens is 2. The number of benzene rings is 2. The Hall–Kier alpha value is -2.40. The van der Waals surface area contributed by atoms with Crippen molar-refractivity contribution < 1.29 is 9.21 Å². The molecule has 3 aromatic rings. The zero-order valence-electron chi connectivity index (χ0n) is 13.8. The molecule has 0 radical (unpaired) electrons. The van der Waals surface area contributed by atoms with Crippen LogP contribution in [0.3, 0.4) is 0 Å². The average molecular weight is 338 g/mol. The number of carbonyl (C=O) groups is 1. The van der Waals surface area contributed by atoms with Crippen LogP contribution in [0.1, 0.15) is 28.4 Å². The third-order valence-electron chi connectivity index (χ3n) is 3.73. The van der Waals surface area contributed by atoms with Gasteiger partial charge in [-0.1, -0.05) is 47.7 Å². The highest BCUT2D eigenvalue weighted by Gasteiger charge is 2.21. The first-order chi connectivity index (χ1) is 11.5. The molecule has 0 amide bonds. The molecule has 0 saturated carbocycles. The first kappa shape index (κ1) is 16.5. The zero-order valence-corrected chi connectivity index (χ0v) is 14.6. The summed E-state index contributed by atoms with van der Waals surface area (Å²) >= 11 is 1.29. The van der Waals surface area contributed by atoms with Crippen LogP contribution in [0.2, 0.25) is 0 Å². The molecular formula is C19H18N2O2S. The van der Waals surface area contributed by atoms with Crippen molar-refractivity contribution in [2.75, 3.05) is 0 Å². The van der Waals surface area contributed by atoms with Crippen molar-refractivity contribution in [3.63, 3.8) is 0 Å². The van der Waals surface area contributed by atoms with Gasteiger partial charge >= 0.3 is 0 Å². The maximum atomic E-state index is 12.7. The number of Topliss-reactive ketones (excluding diaryl/α,β-unsaturated/α-hetero) is 1. The van der Waals surface area contributed by atoms with E-state index in [0.29, 0.717) is 11.1 Å². The van der Waals surface area contributed by atoms with E-state index in [4.69, 9.17) is 4.42 Å². The van der Waals surface area contributed by atoms with Crippen molar-refractivity contribution in [2.24, 2.45) is 0 Å². The smallest absolute Gasteiger partial charge is 0.277 e. The summed E-state index contributed by atoms with van der Waals surface area (Å²) in [5.74, 6) is 0.533. The van der Waals surface area contributed by atoms with E-state index in [1.807, 2.05) is 69.3 Å². The Kier molecular flexibility index (Phi) is 4.81. The minimum absolute atomic E-state index is 0.0701. The molecule has 0 aliphatic rings. The first-order valence-corrected chi connectivity index (χ1v) is 8.59. The number of carbonyl (C=O) groups excluding carboxylic acids is 1. The quantitative estimate of drug-likeness (QED) is 0.498. The van der Waals surface area contributed by atoms with Crippen LogP contribution in [0.25, 0.3) is 11.5 Å². The van der Waals surface area contributed by atoms with Gasteiger partial charge < -0.3 is 4.42 Å². The maximum Gasteiger partial charge on any atom is 0.277 e. The lowest BCUT2D eigenvalue weighted by atomic mass is 10.0. The second-order valence-electron chi connectivity index (χ2n) is 5.68. The molecule has 2 aromatic carbocycles. The van der Waals surface area contributed by atoms with Gasteiger partial charge in [-0.05, 0) is 44.5 Å². The summed E-state index contributed by atoms with van der Waals surface area (Å²) in [6.07, 6.45) is 0. The Labute approximate surface area is 145 Å². The lowest BCUT2D eigenvalue weighted by Gasteiger charge is -2.10. The van der Waals surface area contributed by atoms with Gasteiger partial charge in [-0.2, -0.15) is 0 Å². The molecule has 122 valence electrons. The van der Waals surface area contributed by atoms with E-state index < -0.39 is 0 Å². The summed E-state index contributed by atoms with van der Waals surface area (Å²) in [6.45, 7) is 5.80. The molecular weight excluding hydrogens is 320 g/mol. The molecule has 0 saturated heterocycles. The topological polar surface area (TPSA) is 56.0 Å². The van der Waals surface area contributed by atoms with E-state index in [0.717, 1.165) is 22.3 Å². The minimum atomic E-state index is -0.297. The SMILES string of the molecule is Cc1ccc(C)c(C(=O)[C@H](C)Sc2nnc(-c3ccccc3)o2)c1. The molecule has 1 heterocycles. The van der Waals surface area contributed by atoms with Gasteiger partial charge in [-0.25, -0.2) is 0 Å². The second-order valence-corrected chi connectivity index (χ2v) is 6.97. The lowest BCUT2D eigenvalue weighted by Crippen LogP contribution is -2.15. The molecule has 0 aliphatic carbocycles. The molecule has 0 spiro atoms. The highest BCUT2D eigenvalue weighted by Crippen LogP contribution is 2.28. The molecule has 3 rings (SSSR count). The molecule has 1 atom stereocenters. The number of nitrogens with zero attached hydrogens (tertiary/aromatic N) is 2. The molecule has 0 fully saturated rings. The van der Waals surface area contributed by atoms with Gasteiger partial charge in [0, 0.05) is 11.1 Å². The van der Waals surface area contributed by atoms with Crippen LogP contribution in [-0.2, 0) is 0 Å². The van der Waals surface area contributed by atoms with E-state index in [1.54, 1.807) is 0 Å². The van der Waals surface area contributed by atoms with Gasteiger partial charge in [0.05, 0.1) is 5.25 Å².